The average Bonchev–Trinajstić information content (AvgIpc) is 3.26. The summed E-state index contributed by atoms with van der Waals surface area (Å²) in [4.78, 5) is 34.1. The molecule has 0 aromatic carbocycles. The first-order valence-corrected chi connectivity index (χ1v) is 11.8. The SMILES string of the molecule is CCN(CC)c1ncc(-c2cc3cc(CC(=O)CN4CCN(C)CC4)ncc3cn2)s1. The van der Waals surface area contributed by atoms with Gasteiger partial charge in [-0.1, -0.05) is 11.3 Å². The lowest BCUT2D eigenvalue weighted by atomic mass is 10.1. The molecule has 1 aliphatic heterocycles. The molecule has 0 N–H and O–H groups in total. The van der Waals surface area contributed by atoms with Crippen molar-refractivity contribution in [3.8, 4) is 10.6 Å². The molecular weight excluding hydrogens is 408 g/mol. The van der Waals surface area contributed by atoms with E-state index in [0.717, 1.165) is 71.4 Å². The second-order valence-electron chi connectivity index (χ2n) is 8.07. The zero-order valence-electron chi connectivity index (χ0n) is 18.5. The number of thiazole rings is 1. The van der Waals surface area contributed by atoms with Gasteiger partial charge in [-0.05, 0) is 38.4 Å². The van der Waals surface area contributed by atoms with E-state index in [1.54, 1.807) is 11.3 Å². The Balaban J connectivity index is 1.48. The number of pyridine rings is 2. The lowest BCUT2D eigenvalue weighted by Gasteiger charge is -2.31. The molecule has 0 spiro atoms. The predicted molar refractivity (Wildman–Crippen MR) is 127 cm³/mol. The van der Waals surface area contributed by atoms with Gasteiger partial charge in [0.1, 0.15) is 0 Å². The Kier molecular flexibility index (Phi) is 6.89. The molecule has 3 aromatic rings. The van der Waals surface area contributed by atoms with Crippen molar-refractivity contribution in [3.05, 3.63) is 36.4 Å². The Labute approximate surface area is 187 Å². The lowest BCUT2D eigenvalue weighted by molar-refractivity contribution is -0.120. The summed E-state index contributed by atoms with van der Waals surface area (Å²) in [6, 6.07) is 4.10. The van der Waals surface area contributed by atoms with Gasteiger partial charge in [-0.2, -0.15) is 0 Å². The quantitative estimate of drug-likeness (QED) is 0.536. The molecule has 4 rings (SSSR count). The van der Waals surface area contributed by atoms with Crippen molar-refractivity contribution in [2.45, 2.75) is 20.3 Å². The standard InChI is InChI=1S/C23H30N6OS/c1-4-29(5-2)23-26-15-22(31-23)21-11-17-10-19(24-13-18(17)14-25-21)12-20(30)16-28-8-6-27(3)7-9-28/h10-11,13-15H,4-9,12,16H2,1-3H3. The van der Waals surface area contributed by atoms with Crippen molar-refractivity contribution in [2.75, 3.05) is 57.8 Å². The summed E-state index contributed by atoms with van der Waals surface area (Å²) in [5.41, 5.74) is 1.72. The van der Waals surface area contributed by atoms with E-state index < -0.39 is 0 Å². The van der Waals surface area contributed by atoms with Gasteiger partial charge in [0, 0.05) is 68.9 Å². The van der Waals surface area contributed by atoms with Crippen LogP contribution in [0.1, 0.15) is 19.5 Å². The van der Waals surface area contributed by atoms with E-state index in [1.165, 1.54) is 0 Å². The van der Waals surface area contributed by atoms with E-state index in [1.807, 2.05) is 24.7 Å². The third kappa shape index (κ3) is 5.26. The lowest BCUT2D eigenvalue weighted by Crippen LogP contribution is -2.46. The fourth-order valence-corrected chi connectivity index (χ4v) is 4.86. The number of nitrogens with zero attached hydrogens (tertiary/aromatic N) is 6. The van der Waals surface area contributed by atoms with Crippen LogP contribution in [0.25, 0.3) is 21.3 Å². The Morgan fingerprint density at radius 3 is 2.48 bits per heavy atom. The van der Waals surface area contributed by atoms with Gasteiger partial charge in [-0.15, -0.1) is 0 Å². The van der Waals surface area contributed by atoms with Gasteiger partial charge in [-0.25, -0.2) is 4.98 Å². The van der Waals surface area contributed by atoms with Crippen LogP contribution >= 0.6 is 11.3 Å². The number of rotatable bonds is 8. The molecule has 1 saturated heterocycles. The molecule has 0 unspecified atom stereocenters. The van der Waals surface area contributed by atoms with Crippen LogP contribution < -0.4 is 4.90 Å². The molecule has 7 nitrogen and oxygen atoms in total. The summed E-state index contributed by atoms with van der Waals surface area (Å²) in [5, 5.41) is 3.06. The molecular formula is C23H30N6OS. The molecule has 1 fully saturated rings. The minimum absolute atomic E-state index is 0.219. The third-order valence-corrected chi connectivity index (χ3v) is 6.89. The van der Waals surface area contributed by atoms with E-state index in [4.69, 9.17) is 0 Å². The minimum atomic E-state index is 0.219. The largest absolute Gasteiger partial charge is 0.349 e. The molecule has 31 heavy (non-hydrogen) atoms. The Morgan fingerprint density at radius 2 is 1.74 bits per heavy atom. The molecule has 0 amide bonds. The molecule has 4 heterocycles. The number of likely N-dealkylation sites (N-methyl/N-ethyl adjacent to an activating group) is 1. The monoisotopic (exact) mass is 438 g/mol. The van der Waals surface area contributed by atoms with Gasteiger partial charge < -0.3 is 9.80 Å². The van der Waals surface area contributed by atoms with Gasteiger partial charge in [0.15, 0.2) is 10.9 Å². The topological polar surface area (TPSA) is 65.5 Å². The Morgan fingerprint density at radius 1 is 1.00 bits per heavy atom. The Bertz CT molecular complexity index is 1040. The highest BCUT2D eigenvalue weighted by molar-refractivity contribution is 7.18. The molecule has 164 valence electrons. The zero-order valence-corrected chi connectivity index (χ0v) is 19.4. The second-order valence-corrected chi connectivity index (χ2v) is 9.08. The molecule has 0 aliphatic carbocycles. The van der Waals surface area contributed by atoms with Crippen LogP contribution in [0.2, 0.25) is 0 Å². The summed E-state index contributed by atoms with van der Waals surface area (Å²) >= 11 is 1.66. The molecule has 8 heteroatoms. The van der Waals surface area contributed by atoms with E-state index in [9.17, 15) is 4.79 Å². The first-order valence-electron chi connectivity index (χ1n) is 10.9. The molecule has 0 atom stereocenters. The number of Topliss-reactive ketones (excluding diaryl/α,β-unsaturated/α-hetero) is 1. The summed E-state index contributed by atoms with van der Waals surface area (Å²) in [6.07, 6.45) is 5.93. The van der Waals surface area contributed by atoms with Crippen molar-refractivity contribution in [3.63, 3.8) is 0 Å². The van der Waals surface area contributed by atoms with Gasteiger partial charge >= 0.3 is 0 Å². The summed E-state index contributed by atoms with van der Waals surface area (Å²) in [7, 11) is 2.12. The van der Waals surface area contributed by atoms with Gasteiger partial charge in [0.05, 0.1) is 23.5 Å². The van der Waals surface area contributed by atoms with Crippen molar-refractivity contribution >= 4 is 33.0 Å². The number of fused-ring (bicyclic) bond motifs is 1. The molecule has 3 aromatic heterocycles. The minimum Gasteiger partial charge on any atom is -0.349 e. The highest BCUT2D eigenvalue weighted by atomic mass is 32.1. The average molecular weight is 439 g/mol. The van der Waals surface area contributed by atoms with E-state index in [0.29, 0.717) is 13.0 Å². The maximum Gasteiger partial charge on any atom is 0.185 e. The molecule has 0 bridgehead atoms. The first-order chi connectivity index (χ1) is 15.1. The van der Waals surface area contributed by atoms with Gasteiger partial charge in [0.2, 0.25) is 0 Å². The van der Waals surface area contributed by atoms with E-state index >= 15 is 0 Å². The van der Waals surface area contributed by atoms with Crippen molar-refractivity contribution in [2.24, 2.45) is 0 Å². The maximum absolute atomic E-state index is 12.6. The van der Waals surface area contributed by atoms with Crippen LogP contribution in [0.5, 0.6) is 0 Å². The number of ketones is 1. The summed E-state index contributed by atoms with van der Waals surface area (Å²) < 4.78 is 0. The van der Waals surface area contributed by atoms with Crippen molar-refractivity contribution in [1.82, 2.24) is 24.8 Å². The number of hydrogen-bond donors (Lipinski definition) is 0. The number of aromatic nitrogens is 3. The second kappa shape index (κ2) is 9.80. The smallest absolute Gasteiger partial charge is 0.185 e. The number of carbonyl (C=O) groups excluding carboxylic acids is 1. The van der Waals surface area contributed by atoms with Crippen LogP contribution in [-0.4, -0.2) is 83.4 Å². The van der Waals surface area contributed by atoms with E-state index in [-0.39, 0.29) is 5.78 Å². The number of hydrogen-bond acceptors (Lipinski definition) is 8. The van der Waals surface area contributed by atoms with Crippen LogP contribution in [-0.2, 0) is 11.2 Å². The predicted octanol–water partition coefficient (Wildman–Crippen LogP) is 2.96. The summed E-state index contributed by atoms with van der Waals surface area (Å²) in [6.45, 7) is 10.6. The van der Waals surface area contributed by atoms with Crippen molar-refractivity contribution in [1.29, 1.82) is 0 Å². The number of piperazine rings is 1. The highest BCUT2D eigenvalue weighted by Crippen LogP contribution is 2.31. The van der Waals surface area contributed by atoms with Gasteiger partial charge in [0.25, 0.3) is 0 Å². The molecule has 0 saturated carbocycles. The third-order valence-electron chi connectivity index (χ3n) is 5.81. The van der Waals surface area contributed by atoms with Crippen LogP contribution in [0.15, 0.2) is 30.7 Å². The fraction of sp³-hybridized carbons (Fsp3) is 0.478. The van der Waals surface area contributed by atoms with E-state index in [2.05, 4.69) is 56.6 Å². The first kappa shape index (κ1) is 21.8. The number of anilines is 1. The maximum atomic E-state index is 12.6. The van der Waals surface area contributed by atoms with Crippen LogP contribution in [0.4, 0.5) is 5.13 Å². The van der Waals surface area contributed by atoms with Crippen molar-refractivity contribution < 1.29 is 4.79 Å². The highest BCUT2D eigenvalue weighted by Gasteiger charge is 2.17. The molecule has 1 aliphatic rings. The van der Waals surface area contributed by atoms with Gasteiger partial charge in [-0.3, -0.25) is 19.7 Å². The van der Waals surface area contributed by atoms with Crippen LogP contribution in [0, 0.1) is 0 Å². The Hall–Kier alpha value is -2.42. The molecule has 0 radical (unpaired) electrons. The normalized spacial score (nSPS) is 15.5. The van der Waals surface area contributed by atoms with Crippen LogP contribution in [0.3, 0.4) is 0 Å². The number of carbonyl (C=O) groups is 1. The summed E-state index contributed by atoms with van der Waals surface area (Å²) in [5.74, 6) is 0.219. The fourth-order valence-electron chi connectivity index (χ4n) is 3.85. The zero-order chi connectivity index (χ0) is 21.8.